The number of aromatic hydroxyl groups is 1. The lowest BCUT2D eigenvalue weighted by Crippen LogP contribution is -2.56. The van der Waals surface area contributed by atoms with Crippen LogP contribution in [0.1, 0.15) is 17.9 Å². The summed E-state index contributed by atoms with van der Waals surface area (Å²) in [7, 11) is 0. The molecule has 0 radical (unpaired) electrons. The minimum absolute atomic E-state index is 0.0326. The number of carbonyl (C=O) groups is 2. The molecule has 0 aliphatic carbocycles. The molecule has 0 aromatic heterocycles. The Bertz CT molecular complexity index is 725. The Hall–Kier alpha value is -1.54. The van der Waals surface area contributed by atoms with Gasteiger partial charge >= 0.3 is 0 Å². The van der Waals surface area contributed by atoms with E-state index in [4.69, 9.17) is 23.2 Å². The van der Waals surface area contributed by atoms with E-state index >= 15 is 0 Å². The molecular weight excluding hydrogens is 383 g/mol. The maximum Gasteiger partial charge on any atom is 0.242 e. The van der Waals surface area contributed by atoms with Crippen LogP contribution in [0.15, 0.2) is 12.1 Å². The second-order valence-electron chi connectivity index (χ2n) is 6.71. The molecule has 142 valence electrons. The van der Waals surface area contributed by atoms with Crippen LogP contribution in [0.5, 0.6) is 5.75 Å². The monoisotopic (exact) mass is 402 g/mol. The van der Waals surface area contributed by atoms with E-state index in [-0.39, 0.29) is 35.2 Å². The number of phenols is 1. The van der Waals surface area contributed by atoms with Crippen LogP contribution in [0.4, 0.5) is 0 Å². The number of benzene rings is 1. The molecule has 0 unspecified atom stereocenters. The quantitative estimate of drug-likeness (QED) is 0.692. The molecule has 26 heavy (non-hydrogen) atoms. The van der Waals surface area contributed by atoms with E-state index in [1.54, 1.807) is 4.90 Å². The lowest BCUT2D eigenvalue weighted by atomic mass is 9.95. The van der Waals surface area contributed by atoms with Crippen molar-refractivity contribution < 1.29 is 24.9 Å². The van der Waals surface area contributed by atoms with Crippen molar-refractivity contribution in [1.82, 2.24) is 9.80 Å². The predicted molar refractivity (Wildman–Crippen MR) is 95.2 cm³/mol. The molecule has 3 rings (SSSR count). The third-order valence-corrected chi connectivity index (χ3v) is 5.93. The number of carbonyl (C=O) groups excluding carboxylic acids is 2. The molecule has 2 saturated heterocycles. The highest BCUT2D eigenvalue weighted by Gasteiger charge is 2.43. The van der Waals surface area contributed by atoms with E-state index in [1.165, 1.54) is 17.0 Å². The van der Waals surface area contributed by atoms with E-state index in [9.17, 15) is 24.9 Å². The highest BCUT2D eigenvalue weighted by atomic mass is 35.5. The Morgan fingerprint density at radius 2 is 1.92 bits per heavy atom. The standard InChI is InChI=1S/C17H20Cl2N2O5/c18-12-1-2-13(24)15(16(12)19)9-3-11-5-20(6-14(25)21(11)4-9)17(26)10(7-22)8-23/h1-2,9-11,22-24H,3-8H2/t9-,11-/m0/s1. The Morgan fingerprint density at radius 1 is 1.23 bits per heavy atom. The number of phenolic OH excluding ortho intramolecular Hbond substituents is 1. The topological polar surface area (TPSA) is 101 Å². The fourth-order valence-corrected chi connectivity index (χ4v) is 4.24. The number of nitrogens with zero attached hydrogens (tertiary/aromatic N) is 2. The number of rotatable bonds is 4. The summed E-state index contributed by atoms with van der Waals surface area (Å²) in [4.78, 5) is 27.9. The molecule has 1 aromatic rings. The summed E-state index contributed by atoms with van der Waals surface area (Å²) in [5.74, 6) is -1.71. The fourth-order valence-electron chi connectivity index (χ4n) is 3.76. The lowest BCUT2D eigenvalue weighted by Gasteiger charge is -2.38. The van der Waals surface area contributed by atoms with Gasteiger partial charge in [-0.15, -0.1) is 0 Å². The van der Waals surface area contributed by atoms with Crippen LogP contribution in [0.3, 0.4) is 0 Å². The first-order chi connectivity index (χ1) is 12.4. The number of fused-ring (bicyclic) bond motifs is 1. The lowest BCUT2D eigenvalue weighted by molar-refractivity contribution is -0.150. The summed E-state index contributed by atoms with van der Waals surface area (Å²) in [6.45, 7) is -0.320. The molecule has 7 nitrogen and oxygen atoms in total. The second kappa shape index (κ2) is 7.60. The Kier molecular flexibility index (Phi) is 5.62. The largest absolute Gasteiger partial charge is 0.508 e. The first-order valence-electron chi connectivity index (χ1n) is 8.34. The van der Waals surface area contributed by atoms with Crippen molar-refractivity contribution in [2.75, 3.05) is 32.8 Å². The molecule has 2 aliphatic rings. The van der Waals surface area contributed by atoms with Crippen LogP contribution in [-0.2, 0) is 9.59 Å². The zero-order valence-electron chi connectivity index (χ0n) is 13.9. The van der Waals surface area contributed by atoms with Gasteiger partial charge in [-0.25, -0.2) is 0 Å². The van der Waals surface area contributed by atoms with Gasteiger partial charge in [-0.05, 0) is 18.6 Å². The van der Waals surface area contributed by atoms with Crippen molar-refractivity contribution in [3.8, 4) is 5.75 Å². The van der Waals surface area contributed by atoms with Gasteiger partial charge in [0.15, 0.2) is 0 Å². The summed E-state index contributed by atoms with van der Waals surface area (Å²) in [6.07, 6.45) is 0.534. The van der Waals surface area contributed by atoms with Gasteiger partial charge in [0.1, 0.15) is 5.75 Å². The molecule has 2 amide bonds. The van der Waals surface area contributed by atoms with Crippen LogP contribution in [-0.4, -0.2) is 75.8 Å². The molecule has 2 aliphatic heterocycles. The minimum Gasteiger partial charge on any atom is -0.508 e. The van der Waals surface area contributed by atoms with Gasteiger partial charge in [-0.1, -0.05) is 23.2 Å². The molecule has 2 fully saturated rings. The van der Waals surface area contributed by atoms with Gasteiger partial charge in [-0.3, -0.25) is 9.59 Å². The highest BCUT2D eigenvalue weighted by molar-refractivity contribution is 6.42. The van der Waals surface area contributed by atoms with Gasteiger partial charge in [0.2, 0.25) is 11.8 Å². The van der Waals surface area contributed by atoms with E-state index in [0.29, 0.717) is 30.1 Å². The van der Waals surface area contributed by atoms with Crippen LogP contribution in [0, 0.1) is 5.92 Å². The third kappa shape index (κ3) is 3.36. The van der Waals surface area contributed by atoms with Gasteiger partial charge in [-0.2, -0.15) is 0 Å². The van der Waals surface area contributed by atoms with Crippen molar-refractivity contribution in [3.63, 3.8) is 0 Å². The normalized spacial score (nSPS) is 22.9. The molecule has 1 aromatic carbocycles. The zero-order valence-corrected chi connectivity index (χ0v) is 15.4. The van der Waals surface area contributed by atoms with E-state index in [0.717, 1.165) is 0 Å². The molecule has 2 atom stereocenters. The number of aliphatic hydroxyl groups is 2. The van der Waals surface area contributed by atoms with Gasteiger partial charge in [0.25, 0.3) is 0 Å². The van der Waals surface area contributed by atoms with Crippen molar-refractivity contribution >= 4 is 35.0 Å². The van der Waals surface area contributed by atoms with E-state index in [1.807, 2.05) is 0 Å². The summed E-state index contributed by atoms with van der Waals surface area (Å²) in [5.41, 5.74) is 0.517. The number of halogens is 2. The zero-order chi connectivity index (χ0) is 19.0. The predicted octanol–water partition coefficient (Wildman–Crippen LogP) is 0.827. The number of hydrogen-bond donors (Lipinski definition) is 3. The van der Waals surface area contributed by atoms with E-state index < -0.39 is 25.0 Å². The molecule has 2 heterocycles. The Balaban J connectivity index is 1.80. The van der Waals surface area contributed by atoms with Crippen molar-refractivity contribution in [1.29, 1.82) is 0 Å². The smallest absolute Gasteiger partial charge is 0.242 e. The molecule has 0 bridgehead atoms. The SMILES string of the molecule is O=C(C(CO)CO)N1CC(=O)N2C[C@@H](c3c(O)ccc(Cl)c3Cl)C[C@H]2C1. The maximum absolute atomic E-state index is 12.5. The van der Waals surface area contributed by atoms with Crippen LogP contribution < -0.4 is 0 Å². The van der Waals surface area contributed by atoms with Crippen molar-refractivity contribution in [2.45, 2.75) is 18.4 Å². The molecule has 0 saturated carbocycles. The van der Waals surface area contributed by atoms with E-state index in [2.05, 4.69) is 0 Å². The molecule has 9 heteroatoms. The first-order valence-corrected chi connectivity index (χ1v) is 9.09. The number of aliphatic hydroxyl groups excluding tert-OH is 2. The molecular formula is C17H20Cl2N2O5. The summed E-state index contributed by atoms with van der Waals surface area (Å²) < 4.78 is 0. The molecule has 0 spiro atoms. The maximum atomic E-state index is 12.5. The highest BCUT2D eigenvalue weighted by Crippen LogP contribution is 2.43. The van der Waals surface area contributed by atoms with Crippen molar-refractivity contribution in [3.05, 3.63) is 27.7 Å². The summed E-state index contributed by atoms with van der Waals surface area (Å²) in [6, 6.07) is 2.78. The van der Waals surface area contributed by atoms with Gasteiger partial charge < -0.3 is 25.1 Å². The second-order valence-corrected chi connectivity index (χ2v) is 7.49. The number of hydrogen-bond acceptors (Lipinski definition) is 5. The average Bonchev–Trinajstić information content (AvgIpc) is 3.03. The Labute approximate surface area is 160 Å². The van der Waals surface area contributed by atoms with Crippen LogP contribution >= 0.6 is 23.2 Å². The van der Waals surface area contributed by atoms with Crippen molar-refractivity contribution in [2.24, 2.45) is 5.92 Å². The first kappa shape index (κ1) is 19.2. The number of piperazine rings is 1. The summed E-state index contributed by atoms with van der Waals surface area (Å²) in [5, 5.41) is 29.2. The molecule has 3 N–H and O–H groups in total. The number of amides is 2. The van der Waals surface area contributed by atoms with Crippen LogP contribution in [0.2, 0.25) is 10.0 Å². The summed E-state index contributed by atoms with van der Waals surface area (Å²) >= 11 is 12.3. The van der Waals surface area contributed by atoms with Gasteiger partial charge in [0.05, 0.1) is 41.8 Å². The Morgan fingerprint density at radius 3 is 2.58 bits per heavy atom. The fraction of sp³-hybridized carbons (Fsp3) is 0.529. The van der Waals surface area contributed by atoms with Gasteiger partial charge in [0, 0.05) is 24.6 Å². The third-order valence-electron chi connectivity index (χ3n) is 5.11. The minimum atomic E-state index is -0.919. The average molecular weight is 403 g/mol. The van der Waals surface area contributed by atoms with Crippen LogP contribution in [0.25, 0.3) is 0 Å².